The molecule has 1 aromatic rings. The predicted molar refractivity (Wildman–Crippen MR) is 67.6 cm³/mol. The third kappa shape index (κ3) is 2.79. The van der Waals surface area contributed by atoms with Gasteiger partial charge in [0.25, 0.3) is 0 Å². The molecule has 0 unspecified atom stereocenters. The summed E-state index contributed by atoms with van der Waals surface area (Å²) in [6, 6.07) is 1.88. The second-order valence-corrected chi connectivity index (χ2v) is 4.49. The monoisotopic (exact) mass is 284 g/mol. The highest BCUT2D eigenvalue weighted by Crippen LogP contribution is 2.38. The van der Waals surface area contributed by atoms with Crippen LogP contribution >= 0.6 is 0 Å². The molecule has 8 heteroatoms. The fourth-order valence-corrected chi connectivity index (χ4v) is 2.00. The van der Waals surface area contributed by atoms with Crippen molar-refractivity contribution in [3.05, 3.63) is 28.1 Å². The van der Waals surface area contributed by atoms with Crippen LogP contribution in [0.3, 0.4) is 0 Å². The maximum absolute atomic E-state index is 14.0. The molecular weight excluding hydrogens is 271 g/mol. The number of nitro benzene ring substituents is 1. The van der Waals surface area contributed by atoms with Crippen molar-refractivity contribution in [3.63, 3.8) is 0 Å². The number of benzene rings is 1. The Kier molecular flexibility index (Phi) is 3.73. The van der Waals surface area contributed by atoms with E-state index in [4.69, 9.17) is 9.84 Å². The van der Waals surface area contributed by atoms with E-state index in [1.54, 1.807) is 0 Å². The van der Waals surface area contributed by atoms with Crippen LogP contribution in [-0.4, -0.2) is 35.7 Å². The number of halogens is 1. The van der Waals surface area contributed by atoms with Gasteiger partial charge in [0.15, 0.2) is 11.6 Å². The Morgan fingerprint density at radius 1 is 1.60 bits per heavy atom. The summed E-state index contributed by atoms with van der Waals surface area (Å²) in [5, 5.41) is 19.7. The molecule has 1 aromatic carbocycles. The van der Waals surface area contributed by atoms with E-state index in [0.717, 1.165) is 18.9 Å². The lowest BCUT2D eigenvalue weighted by molar-refractivity contribution is -0.385. The van der Waals surface area contributed by atoms with Crippen LogP contribution in [0.4, 0.5) is 15.8 Å². The van der Waals surface area contributed by atoms with Crippen molar-refractivity contribution >= 4 is 17.3 Å². The Bertz CT molecular complexity index is 559. The number of hydrogen-bond acceptors (Lipinski definition) is 5. The van der Waals surface area contributed by atoms with E-state index in [-0.39, 0.29) is 24.0 Å². The SMILES string of the molecule is COc1cc(N(CC(=O)O)C2CC2)c(F)cc1[N+](=O)[O-]. The first-order valence-corrected chi connectivity index (χ1v) is 5.94. The minimum Gasteiger partial charge on any atom is -0.490 e. The Labute approximate surface area is 113 Å². The van der Waals surface area contributed by atoms with Crippen LogP contribution in [0, 0.1) is 15.9 Å². The number of carbonyl (C=O) groups is 1. The molecule has 2 rings (SSSR count). The molecule has 1 N–H and O–H groups in total. The number of nitrogens with zero attached hydrogens (tertiary/aromatic N) is 2. The first kappa shape index (κ1) is 14.0. The van der Waals surface area contributed by atoms with Gasteiger partial charge in [-0.25, -0.2) is 4.39 Å². The van der Waals surface area contributed by atoms with Gasteiger partial charge in [0.05, 0.1) is 23.8 Å². The molecule has 0 heterocycles. The second-order valence-electron chi connectivity index (χ2n) is 4.49. The highest BCUT2D eigenvalue weighted by molar-refractivity contribution is 5.75. The van der Waals surface area contributed by atoms with Crippen molar-refractivity contribution in [1.29, 1.82) is 0 Å². The topological polar surface area (TPSA) is 92.9 Å². The molecule has 0 radical (unpaired) electrons. The number of hydrogen-bond donors (Lipinski definition) is 1. The van der Waals surface area contributed by atoms with Gasteiger partial charge >= 0.3 is 11.7 Å². The first-order valence-electron chi connectivity index (χ1n) is 5.94. The van der Waals surface area contributed by atoms with E-state index in [9.17, 15) is 19.3 Å². The molecular formula is C12H13FN2O5. The highest BCUT2D eigenvalue weighted by atomic mass is 19.1. The molecule has 0 saturated heterocycles. The van der Waals surface area contributed by atoms with E-state index < -0.39 is 22.4 Å². The number of carboxylic acids is 1. The standard InChI is InChI=1S/C12H13FN2O5/c1-20-11-5-9(8(13)4-10(11)15(18)19)14(6-12(16)17)7-2-3-7/h4-5,7H,2-3,6H2,1H3,(H,16,17). The summed E-state index contributed by atoms with van der Waals surface area (Å²) in [4.78, 5) is 22.3. The van der Waals surface area contributed by atoms with Crippen molar-refractivity contribution in [3.8, 4) is 5.75 Å². The Balaban J connectivity index is 2.44. The van der Waals surface area contributed by atoms with Gasteiger partial charge in [-0.05, 0) is 12.8 Å². The lowest BCUT2D eigenvalue weighted by Gasteiger charge is -2.23. The summed E-state index contributed by atoms with van der Waals surface area (Å²) in [5.41, 5.74) is -0.475. The lowest BCUT2D eigenvalue weighted by atomic mass is 10.2. The molecule has 1 aliphatic rings. The fraction of sp³-hybridized carbons (Fsp3) is 0.417. The zero-order valence-corrected chi connectivity index (χ0v) is 10.7. The molecule has 108 valence electrons. The van der Waals surface area contributed by atoms with Gasteiger partial charge in [-0.15, -0.1) is 0 Å². The number of nitro groups is 1. The number of anilines is 1. The van der Waals surface area contributed by atoms with Crippen LogP contribution in [0.2, 0.25) is 0 Å². The molecule has 0 spiro atoms. The maximum atomic E-state index is 14.0. The predicted octanol–water partition coefficient (Wildman–Crippen LogP) is 1.80. The summed E-state index contributed by atoms with van der Waals surface area (Å²) in [6.45, 7) is -0.359. The number of aliphatic carboxylic acids is 1. The van der Waals surface area contributed by atoms with E-state index >= 15 is 0 Å². The molecule has 0 amide bonds. The van der Waals surface area contributed by atoms with Gasteiger partial charge in [0.1, 0.15) is 6.54 Å². The fourth-order valence-electron chi connectivity index (χ4n) is 2.00. The molecule has 0 atom stereocenters. The average molecular weight is 284 g/mol. The van der Waals surface area contributed by atoms with Crippen LogP contribution in [0.5, 0.6) is 5.75 Å². The van der Waals surface area contributed by atoms with Crippen LogP contribution in [-0.2, 0) is 4.79 Å². The number of methoxy groups -OCH3 is 1. The normalized spacial score (nSPS) is 13.9. The molecule has 0 aliphatic heterocycles. The quantitative estimate of drug-likeness (QED) is 0.632. The van der Waals surface area contributed by atoms with Crippen LogP contribution in [0.1, 0.15) is 12.8 Å². The molecule has 1 fully saturated rings. The molecule has 0 aromatic heterocycles. The van der Waals surface area contributed by atoms with E-state index in [2.05, 4.69) is 0 Å². The minimum absolute atomic E-state index is 0.0114. The van der Waals surface area contributed by atoms with E-state index in [1.165, 1.54) is 18.1 Å². The van der Waals surface area contributed by atoms with E-state index in [1.807, 2.05) is 0 Å². The number of ether oxygens (including phenoxy) is 1. The number of carboxylic acid groups (broad SMARTS) is 1. The van der Waals surface area contributed by atoms with Crippen LogP contribution in [0.15, 0.2) is 12.1 Å². The zero-order valence-electron chi connectivity index (χ0n) is 10.7. The lowest BCUT2D eigenvalue weighted by Crippen LogP contribution is -2.32. The summed E-state index contributed by atoms with van der Waals surface area (Å²) in [7, 11) is 1.24. The Morgan fingerprint density at radius 2 is 2.25 bits per heavy atom. The molecule has 1 aliphatic carbocycles. The van der Waals surface area contributed by atoms with Gasteiger partial charge in [-0.2, -0.15) is 0 Å². The minimum atomic E-state index is -1.09. The third-order valence-electron chi connectivity index (χ3n) is 3.05. The zero-order chi connectivity index (χ0) is 14.9. The first-order chi connectivity index (χ1) is 9.43. The van der Waals surface area contributed by atoms with Crippen LogP contribution < -0.4 is 9.64 Å². The summed E-state index contributed by atoms with van der Waals surface area (Å²) < 4.78 is 18.9. The van der Waals surface area contributed by atoms with Crippen LogP contribution in [0.25, 0.3) is 0 Å². The van der Waals surface area contributed by atoms with Crippen molar-refractivity contribution < 1.29 is 24.0 Å². The van der Waals surface area contributed by atoms with Gasteiger partial charge in [-0.1, -0.05) is 0 Å². The molecule has 7 nitrogen and oxygen atoms in total. The largest absolute Gasteiger partial charge is 0.490 e. The van der Waals surface area contributed by atoms with Gasteiger partial charge < -0.3 is 14.7 Å². The third-order valence-corrected chi connectivity index (χ3v) is 3.05. The van der Waals surface area contributed by atoms with Crippen molar-refractivity contribution in [2.45, 2.75) is 18.9 Å². The van der Waals surface area contributed by atoms with Crippen molar-refractivity contribution in [2.75, 3.05) is 18.6 Å². The smallest absolute Gasteiger partial charge is 0.323 e. The molecule has 0 bridgehead atoms. The maximum Gasteiger partial charge on any atom is 0.323 e. The summed E-state index contributed by atoms with van der Waals surface area (Å²) in [6.07, 6.45) is 1.54. The molecule has 20 heavy (non-hydrogen) atoms. The average Bonchev–Trinajstić information content (AvgIpc) is 3.19. The second kappa shape index (κ2) is 5.32. The summed E-state index contributed by atoms with van der Waals surface area (Å²) in [5.74, 6) is -2.01. The Morgan fingerprint density at radius 3 is 2.70 bits per heavy atom. The van der Waals surface area contributed by atoms with Crippen molar-refractivity contribution in [2.24, 2.45) is 0 Å². The van der Waals surface area contributed by atoms with Gasteiger partial charge in [0.2, 0.25) is 0 Å². The number of rotatable bonds is 6. The van der Waals surface area contributed by atoms with E-state index in [0.29, 0.717) is 0 Å². The van der Waals surface area contributed by atoms with Gasteiger partial charge in [0, 0.05) is 12.1 Å². The highest BCUT2D eigenvalue weighted by Gasteiger charge is 2.33. The Hall–Kier alpha value is -2.38. The van der Waals surface area contributed by atoms with Gasteiger partial charge in [-0.3, -0.25) is 14.9 Å². The van der Waals surface area contributed by atoms with Crippen molar-refractivity contribution in [1.82, 2.24) is 0 Å². The summed E-state index contributed by atoms with van der Waals surface area (Å²) >= 11 is 0. The molecule has 1 saturated carbocycles.